The molecule has 2 heteroatoms. The maximum atomic E-state index is 9.34. The van der Waals surface area contributed by atoms with Gasteiger partial charge in [0, 0.05) is 12.6 Å². The Morgan fingerprint density at radius 3 is 2.56 bits per heavy atom. The third kappa shape index (κ3) is 4.84. The smallest absolute Gasteiger partial charge is 0.0462 e. The lowest BCUT2D eigenvalue weighted by Crippen LogP contribution is -2.36. The summed E-state index contributed by atoms with van der Waals surface area (Å²) in [5, 5.41) is 13.0. The second kappa shape index (κ2) is 8.08. The highest BCUT2D eigenvalue weighted by Gasteiger charge is 2.24. The van der Waals surface area contributed by atoms with Crippen molar-refractivity contribution in [1.82, 2.24) is 5.32 Å². The molecule has 0 aliphatic heterocycles. The zero-order valence-corrected chi connectivity index (χ0v) is 11.0. The average Bonchev–Trinajstić information content (AvgIpc) is 2.34. The van der Waals surface area contributed by atoms with Crippen molar-refractivity contribution in [3.63, 3.8) is 0 Å². The zero-order valence-electron chi connectivity index (χ0n) is 11.0. The summed E-state index contributed by atoms with van der Waals surface area (Å²) >= 11 is 0. The van der Waals surface area contributed by atoms with Crippen LogP contribution in [-0.4, -0.2) is 24.3 Å². The Kier molecular flexibility index (Phi) is 7.06. The summed E-state index contributed by atoms with van der Waals surface area (Å²) in [5.74, 6) is 1.27. The fourth-order valence-electron chi connectivity index (χ4n) is 2.76. The van der Waals surface area contributed by atoms with E-state index in [2.05, 4.69) is 19.2 Å². The molecule has 1 saturated carbocycles. The van der Waals surface area contributed by atoms with Gasteiger partial charge < -0.3 is 10.4 Å². The Labute approximate surface area is 101 Å². The third-order valence-corrected chi connectivity index (χ3v) is 4.02. The molecule has 3 atom stereocenters. The fraction of sp³-hybridized carbons (Fsp3) is 1.00. The van der Waals surface area contributed by atoms with Gasteiger partial charge in [0.25, 0.3) is 0 Å². The molecule has 0 bridgehead atoms. The number of hydrogen-bond donors (Lipinski definition) is 2. The minimum Gasteiger partial charge on any atom is -0.396 e. The van der Waals surface area contributed by atoms with Gasteiger partial charge in [0.15, 0.2) is 0 Å². The second-order valence-electron chi connectivity index (χ2n) is 5.44. The number of aliphatic hydroxyl groups excluding tert-OH is 1. The van der Waals surface area contributed by atoms with Crippen molar-refractivity contribution in [3.05, 3.63) is 0 Å². The minimum absolute atomic E-state index is 0.385. The fourth-order valence-corrected chi connectivity index (χ4v) is 2.76. The number of aliphatic hydroxyl groups is 1. The SMILES string of the molecule is CCCCC(C)NCC1CCCCC1CO. The van der Waals surface area contributed by atoms with Crippen LogP contribution in [0.4, 0.5) is 0 Å². The molecule has 1 aliphatic rings. The summed E-state index contributed by atoms with van der Waals surface area (Å²) in [6.07, 6.45) is 9.09. The van der Waals surface area contributed by atoms with Gasteiger partial charge >= 0.3 is 0 Å². The first-order valence-electron chi connectivity index (χ1n) is 7.12. The molecule has 0 saturated heterocycles. The maximum absolute atomic E-state index is 9.34. The first kappa shape index (κ1) is 14.0. The third-order valence-electron chi connectivity index (χ3n) is 4.02. The normalized spacial score (nSPS) is 27.9. The topological polar surface area (TPSA) is 32.3 Å². The summed E-state index contributed by atoms with van der Waals surface area (Å²) in [6.45, 7) is 6.02. The Bertz CT molecular complexity index is 172. The van der Waals surface area contributed by atoms with Crippen LogP contribution in [0.15, 0.2) is 0 Å². The lowest BCUT2D eigenvalue weighted by atomic mass is 9.79. The van der Waals surface area contributed by atoms with E-state index < -0.39 is 0 Å². The van der Waals surface area contributed by atoms with Crippen LogP contribution in [0.1, 0.15) is 58.8 Å². The molecule has 0 amide bonds. The number of hydrogen-bond acceptors (Lipinski definition) is 2. The van der Waals surface area contributed by atoms with Crippen molar-refractivity contribution in [3.8, 4) is 0 Å². The molecule has 1 fully saturated rings. The highest BCUT2D eigenvalue weighted by Crippen LogP contribution is 2.29. The van der Waals surface area contributed by atoms with Gasteiger partial charge in [-0.05, 0) is 44.6 Å². The van der Waals surface area contributed by atoms with Crippen LogP contribution >= 0.6 is 0 Å². The summed E-state index contributed by atoms with van der Waals surface area (Å²) in [5.41, 5.74) is 0. The lowest BCUT2D eigenvalue weighted by molar-refractivity contribution is 0.131. The molecular weight excluding hydrogens is 198 g/mol. The molecule has 96 valence electrons. The van der Waals surface area contributed by atoms with E-state index in [1.54, 1.807) is 0 Å². The molecule has 2 N–H and O–H groups in total. The molecule has 0 heterocycles. The number of nitrogens with one attached hydrogen (secondary N) is 1. The van der Waals surface area contributed by atoms with Gasteiger partial charge in [-0.2, -0.15) is 0 Å². The van der Waals surface area contributed by atoms with Gasteiger partial charge in [0.1, 0.15) is 0 Å². The van der Waals surface area contributed by atoms with Gasteiger partial charge in [0.2, 0.25) is 0 Å². The van der Waals surface area contributed by atoms with Crippen LogP contribution in [-0.2, 0) is 0 Å². The predicted molar refractivity (Wildman–Crippen MR) is 69.5 cm³/mol. The highest BCUT2D eigenvalue weighted by molar-refractivity contribution is 4.77. The predicted octanol–water partition coefficient (Wildman–Crippen LogP) is 2.95. The van der Waals surface area contributed by atoms with E-state index in [-0.39, 0.29) is 0 Å². The van der Waals surface area contributed by atoms with Crippen LogP contribution in [0.2, 0.25) is 0 Å². The molecule has 0 aromatic heterocycles. The van der Waals surface area contributed by atoms with E-state index in [1.807, 2.05) is 0 Å². The molecule has 0 spiro atoms. The van der Waals surface area contributed by atoms with Gasteiger partial charge in [-0.1, -0.05) is 32.6 Å². The first-order valence-corrected chi connectivity index (χ1v) is 7.12. The van der Waals surface area contributed by atoms with Gasteiger partial charge in [-0.25, -0.2) is 0 Å². The minimum atomic E-state index is 0.385. The standard InChI is InChI=1S/C14H29NO/c1-3-4-7-12(2)15-10-13-8-5-6-9-14(13)11-16/h12-16H,3-11H2,1-2H3. The molecule has 16 heavy (non-hydrogen) atoms. The zero-order chi connectivity index (χ0) is 11.8. The Morgan fingerprint density at radius 1 is 1.25 bits per heavy atom. The largest absolute Gasteiger partial charge is 0.396 e. The summed E-state index contributed by atoms with van der Waals surface area (Å²) in [7, 11) is 0. The molecular formula is C14H29NO. The van der Waals surface area contributed by atoms with E-state index in [1.165, 1.54) is 44.9 Å². The monoisotopic (exact) mass is 227 g/mol. The summed E-state index contributed by atoms with van der Waals surface area (Å²) in [6, 6.07) is 0.640. The average molecular weight is 227 g/mol. The molecule has 0 radical (unpaired) electrons. The highest BCUT2D eigenvalue weighted by atomic mass is 16.3. The van der Waals surface area contributed by atoms with Crippen molar-refractivity contribution >= 4 is 0 Å². The summed E-state index contributed by atoms with van der Waals surface area (Å²) in [4.78, 5) is 0. The van der Waals surface area contributed by atoms with Crippen LogP contribution in [0, 0.1) is 11.8 Å². The van der Waals surface area contributed by atoms with Crippen molar-refractivity contribution in [2.45, 2.75) is 64.8 Å². The van der Waals surface area contributed by atoms with Crippen molar-refractivity contribution in [2.75, 3.05) is 13.2 Å². The van der Waals surface area contributed by atoms with Crippen molar-refractivity contribution in [1.29, 1.82) is 0 Å². The number of unbranched alkanes of at least 4 members (excludes halogenated alkanes) is 1. The van der Waals surface area contributed by atoms with E-state index in [4.69, 9.17) is 0 Å². The van der Waals surface area contributed by atoms with Crippen molar-refractivity contribution in [2.24, 2.45) is 11.8 Å². The van der Waals surface area contributed by atoms with Crippen LogP contribution in [0.5, 0.6) is 0 Å². The van der Waals surface area contributed by atoms with Gasteiger partial charge in [-0.15, -0.1) is 0 Å². The Hall–Kier alpha value is -0.0800. The summed E-state index contributed by atoms with van der Waals surface area (Å²) < 4.78 is 0. The molecule has 1 aliphatic carbocycles. The van der Waals surface area contributed by atoms with E-state index >= 15 is 0 Å². The molecule has 2 nitrogen and oxygen atoms in total. The van der Waals surface area contributed by atoms with Gasteiger partial charge in [-0.3, -0.25) is 0 Å². The number of rotatable bonds is 7. The van der Waals surface area contributed by atoms with Crippen molar-refractivity contribution < 1.29 is 5.11 Å². The van der Waals surface area contributed by atoms with Crippen LogP contribution < -0.4 is 5.32 Å². The Balaban J connectivity index is 2.18. The maximum Gasteiger partial charge on any atom is 0.0462 e. The first-order chi connectivity index (χ1) is 7.77. The van der Waals surface area contributed by atoms with Crippen LogP contribution in [0.25, 0.3) is 0 Å². The Morgan fingerprint density at radius 2 is 1.94 bits per heavy atom. The van der Waals surface area contributed by atoms with E-state index in [0.717, 1.165) is 6.54 Å². The molecule has 0 aromatic carbocycles. The van der Waals surface area contributed by atoms with Crippen LogP contribution in [0.3, 0.4) is 0 Å². The second-order valence-corrected chi connectivity index (χ2v) is 5.44. The molecule has 3 unspecified atom stereocenters. The van der Waals surface area contributed by atoms with Gasteiger partial charge in [0.05, 0.1) is 0 Å². The van der Waals surface area contributed by atoms with E-state index in [0.29, 0.717) is 24.5 Å². The lowest BCUT2D eigenvalue weighted by Gasteiger charge is -2.31. The quantitative estimate of drug-likeness (QED) is 0.701. The van der Waals surface area contributed by atoms with E-state index in [9.17, 15) is 5.11 Å². The molecule has 0 aromatic rings. The molecule has 1 rings (SSSR count).